The fourth-order valence-electron chi connectivity index (χ4n) is 2.10. The fraction of sp³-hybridized carbons (Fsp3) is 0.222. The van der Waals surface area contributed by atoms with Crippen LogP contribution in [-0.2, 0) is 11.3 Å². The number of aryl methyl sites for hydroxylation is 1. The highest BCUT2D eigenvalue weighted by Crippen LogP contribution is 2.12. The minimum Gasteiger partial charge on any atom is -0.343 e. The zero-order chi connectivity index (χ0) is 16.8. The molecule has 0 saturated carbocycles. The van der Waals surface area contributed by atoms with E-state index in [1.807, 2.05) is 37.3 Å². The molecule has 1 N–H and O–H groups in total. The molecule has 0 fully saturated rings. The zero-order valence-electron chi connectivity index (χ0n) is 13.2. The summed E-state index contributed by atoms with van der Waals surface area (Å²) in [5.41, 5.74) is 2.57. The predicted molar refractivity (Wildman–Crippen MR) is 91.4 cm³/mol. The van der Waals surface area contributed by atoms with Crippen LogP contribution in [0.4, 0.5) is 0 Å². The molecule has 0 atom stereocenters. The van der Waals surface area contributed by atoms with Crippen LogP contribution >= 0.6 is 11.6 Å². The average molecular weight is 331 g/mol. The van der Waals surface area contributed by atoms with E-state index in [1.54, 1.807) is 30.1 Å². The summed E-state index contributed by atoms with van der Waals surface area (Å²) in [6.07, 6.45) is 0. The monoisotopic (exact) mass is 330 g/mol. The molecule has 0 aliphatic heterocycles. The van der Waals surface area contributed by atoms with Gasteiger partial charge in [0.05, 0.1) is 6.54 Å². The van der Waals surface area contributed by atoms with Crippen LogP contribution in [0.15, 0.2) is 48.5 Å². The first-order valence-electron chi connectivity index (χ1n) is 7.29. The summed E-state index contributed by atoms with van der Waals surface area (Å²) in [5, 5.41) is 3.28. The van der Waals surface area contributed by atoms with Gasteiger partial charge in [-0.25, -0.2) is 0 Å². The predicted octanol–water partition coefficient (Wildman–Crippen LogP) is 3.04. The lowest BCUT2D eigenvalue weighted by molar-refractivity contribution is -0.129. The minimum atomic E-state index is -0.255. The van der Waals surface area contributed by atoms with Crippen LogP contribution in [0.5, 0.6) is 0 Å². The number of hydrogen-bond acceptors (Lipinski definition) is 2. The van der Waals surface area contributed by atoms with E-state index in [-0.39, 0.29) is 18.4 Å². The Morgan fingerprint density at radius 1 is 1.13 bits per heavy atom. The van der Waals surface area contributed by atoms with E-state index < -0.39 is 0 Å². The summed E-state index contributed by atoms with van der Waals surface area (Å²) in [5.74, 6) is -0.417. The SMILES string of the molecule is Cc1ccc(C(=O)NCC(=O)N(C)Cc2cccc(Cl)c2)cc1. The highest BCUT2D eigenvalue weighted by atomic mass is 35.5. The van der Waals surface area contributed by atoms with Gasteiger partial charge in [-0.1, -0.05) is 41.4 Å². The summed E-state index contributed by atoms with van der Waals surface area (Å²) in [7, 11) is 1.70. The Labute approximate surface area is 141 Å². The van der Waals surface area contributed by atoms with Crippen LogP contribution in [0.3, 0.4) is 0 Å². The molecule has 0 aliphatic carbocycles. The molecule has 2 rings (SSSR count). The molecule has 0 bridgehead atoms. The van der Waals surface area contributed by atoms with Crippen LogP contribution in [0, 0.1) is 6.92 Å². The van der Waals surface area contributed by atoms with Crippen LogP contribution in [0.25, 0.3) is 0 Å². The van der Waals surface area contributed by atoms with Gasteiger partial charge >= 0.3 is 0 Å². The van der Waals surface area contributed by atoms with Gasteiger partial charge in [0.2, 0.25) is 5.91 Å². The molecule has 0 spiro atoms. The van der Waals surface area contributed by atoms with Gasteiger partial charge in [0.15, 0.2) is 0 Å². The van der Waals surface area contributed by atoms with Crippen LogP contribution < -0.4 is 5.32 Å². The highest BCUT2D eigenvalue weighted by molar-refractivity contribution is 6.30. The minimum absolute atomic E-state index is 0.0379. The van der Waals surface area contributed by atoms with Crippen molar-refractivity contribution >= 4 is 23.4 Å². The van der Waals surface area contributed by atoms with Gasteiger partial charge in [-0.3, -0.25) is 9.59 Å². The molecule has 2 aromatic rings. The van der Waals surface area contributed by atoms with Gasteiger partial charge < -0.3 is 10.2 Å². The number of nitrogens with zero attached hydrogens (tertiary/aromatic N) is 1. The maximum absolute atomic E-state index is 12.1. The lowest BCUT2D eigenvalue weighted by Gasteiger charge is -2.17. The molecule has 120 valence electrons. The average Bonchev–Trinajstić information content (AvgIpc) is 2.53. The quantitative estimate of drug-likeness (QED) is 0.916. The molecule has 0 aliphatic rings. The van der Waals surface area contributed by atoms with Gasteiger partial charge in [0.25, 0.3) is 5.91 Å². The molecule has 0 saturated heterocycles. The normalized spacial score (nSPS) is 10.2. The smallest absolute Gasteiger partial charge is 0.251 e. The molecule has 2 aromatic carbocycles. The van der Waals surface area contributed by atoms with Crippen molar-refractivity contribution in [3.8, 4) is 0 Å². The lowest BCUT2D eigenvalue weighted by atomic mass is 10.1. The first kappa shape index (κ1) is 17.0. The summed E-state index contributed by atoms with van der Waals surface area (Å²) in [6, 6.07) is 14.6. The third-order valence-electron chi connectivity index (χ3n) is 3.45. The Hall–Kier alpha value is -2.33. The maximum atomic E-state index is 12.1. The first-order chi connectivity index (χ1) is 11.0. The second-order valence-electron chi connectivity index (χ2n) is 5.43. The first-order valence-corrected chi connectivity index (χ1v) is 7.67. The summed E-state index contributed by atoms with van der Waals surface area (Å²) >= 11 is 5.93. The molecule has 0 radical (unpaired) electrons. The van der Waals surface area contributed by atoms with Crippen LogP contribution in [0.2, 0.25) is 5.02 Å². The standard InChI is InChI=1S/C18H19ClN2O2/c1-13-6-8-15(9-7-13)18(23)20-11-17(22)21(2)12-14-4-3-5-16(19)10-14/h3-10H,11-12H2,1-2H3,(H,20,23). The van der Waals surface area contributed by atoms with Gasteiger partial charge in [-0.2, -0.15) is 0 Å². The van der Waals surface area contributed by atoms with Crippen molar-refractivity contribution in [2.24, 2.45) is 0 Å². The summed E-state index contributed by atoms with van der Waals surface area (Å²) in [4.78, 5) is 25.6. The molecule has 2 amide bonds. The third kappa shape index (κ3) is 5.11. The van der Waals surface area contributed by atoms with Crippen molar-refractivity contribution in [3.05, 3.63) is 70.2 Å². The van der Waals surface area contributed by atoms with Crippen molar-refractivity contribution < 1.29 is 9.59 Å². The Morgan fingerprint density at radius 3 is 2.48 bits per heavy atom. The Balaban J connectivity index is 1.86. The molecule has 0 heterocycles. The highest BCUT2D eigenvalue weighted by Gasteiger charge is 2.12. The van der Waals surface area contributed by atoms with Crippen molar-refractivity contribution in [2.75, 3.05) is 13.6 Å². The third-order valence-corrected chi connectivity index (χ3v) is 3.68. The number of likely N-dealkylation sites (N-methyl/N-ethyl adjacent to an activating group) is 1. The molecule has 4 nitrogen and oxygen atoms in total. The maximum Gasteiger partial charge on any atom is 0.251 e. The molecular weight excluding hydrogens is 312 g/mol. The number of amides is 2. The molecule has 0 unspecified atom stereocenters. The Bertz CT molecular complexity index is 698. The lowest BCUT2D eigenvalue weighted by Crippen LogP contribution is -2.37. The largest absolute Gasteiger partial charge is 0.343 e. The number of carbonyl (C=O) groups excluding carboxylic acids is 2. The molecule has 23 heavy (non-hydrogen) atoms. The topological polar surface area (TPSA) is 49.4 Å². The van der Waals surface area contributed by atoms with Crippen molar-refractivity contribution in [1.82, 2.24) is 10.2 Å². The number of nitrogens with one attached hydrogen (secondary N) is 1. The molecule has 0 aromatic heterocycles. The second kappa shape index (κ2) is 7.79. The van der Waals surface area contributed by atoms with E-state index in [1.165, 1.54) is 0 Å². The summed E-state index contributed by atoms with van der Waals surface area (Å²) in [6.45, 7) is 2.36. The van der Waals surface area contributed by atoms with Crippen LogP contribution in [0.1, 0.15) is 21.5 Å². The number of carbonyl (C=O) groups is 2. The van der Waals surface area contributed by atoms with E-state index in [4.69, 9.17) is 11.6 Å². The van der Waals surface area contributed by atoms with E-state index in [0.29, 0.717) is 17.1 Å². The van der Waals surface area contributed by atoms with Crippen molar-refractivity contribution in [1.29, 1.82) is 0 Å². The number of hydrogen-bond donors (Lipinski definition) is 1. The van der Waals surface area contributed by atoms with Crippen molar-refractivity contribution in [3.63, 3.8) is 0 Å². The Kier molecular flexibility index (Phi) is 5.77. The number of benzene rings is 2. The van der Waals surface area contributed by atoms with Gasteiger partial charge in [0, 0.05) is 24.2 Å². The van der Waals surface area contributed by atoms with E-state index >= 15 is 0 Å². The van der Waals surface area contributed by atoms with Gasteiger partial charge in [-0.05, 0) is 36.8 Å². The Morgan fingerprint density at radius 2 is 1.83 bits per heavy atom. The van der Waals surface area contributed by atoms with E-state index in [9.17, 15) is 9.59 Å². The zero-order valence-corrected chi connectivity index (χ0v) is 13.9. The van der Waals surface area contributed by atoms with E-state index in [2.05, 4.69) is 5.32 Å². The molecular formula is C18H19ClN2O2. The summed E-state index contributed by atoms with van der Waals surface area (Å²) < 4.78 is 0. The fourth-order valence-corrected chi connectivity index (χ4v) is 2.31. The van der Waals surface area contributed by atoms with E-state index in [0.717, 1.165) is 11.1 Å². The number of rotatable bonds is 5. The second-order valence-corrected chi connectivity index (χ2v) is 5.86. The van der Waals surface area contributed by atoms with Gasteiger partial charge in [-0.15, -0.1) is 0 Å². The van der Waals surface area contributed by atoms with Crippen LogP contribution in [-0.4, -0.2) is 30.3 Å². The van der Waals surface area contributed by atoms with Gasteiger partial charge in [0.1, 0.15) is 0 Å². The molecule has 5 heteroatoms. The van der Waals surface area contributed by atoms with Crippen molar-refractivity contribution in [2.45, 2.75) is 13.5 Å². The number of halogens is 1.